The predicted octanol–water partition coefficient (Wildman–Crippen LogP) is 9.37. The van der Waals surface area contributed by atoms with Gasteiger partial charge in [0.1, 0.15) is 18.2 Å². The number of benzene rings is 2. The van der Waals surface area contributed by atoms with Crippen LogP contribution in [-0.2, 0) is 5.41 Å². The van der Waals surface area contributed by atoms with Gasteiger partial charge in [-0.2, -0.15) is 0 Å². The fraction of sp³-hybridized carbons (Fsp3) is 0.545. The normalized spacial score (nSPS) is 26.9. The van der Waals surface area contributed by atoms with Crippen molar-refractivity contribution in [2.45, 2.75) is 86.0 Å². The molecule has 5 heteroatoms. The van der Waals surface area contributed by atoms with Gasteiger partial charge in [-0.25, -0.2) is 4.39 Å². The summed E-state index contributed by atoms with van der Waals surface area (Å²) < 4.78 is 20.7. The van der Waals surface area contributed by atoms with E-state index in [9.17, 15) is 4.39 Å². The van der Waals surface area contributed by atoms with Crippen LogP contribution < -0.4 is 4.74 Å². The number of halogens is 1. The minimum absolute atomic E-state index is 0.0103. The third-order valence-electron chi connectivity index (χ3n) is 8.86. The summed E-state index contributed by atoms with van der Waals surface area (Å²) in [4.78, 5) is 7.28. The van der Waals surface area contributed by atoms with Crippen molar-refractivity contribution in [1.82, 2.24) is 0 Å². The molecule has 0 atom stereocenters. The lowest BCUT2D eigenvalue weighted by Crippen LogP contribution is -2.50. The molecule has 0 N–H and O–H groups in total. The Morgan fingerprint density at radius 3 is 2.13 bits per heavy atom. The van der Waals surface area contributed by atoms with Crippen LogP contribution in [0.5, 0.6) is 5.75 Å². The standard InChI is InChI=1S/C33H42FNOS2/c1-32(2,26-10-6-5-7-11-26)13-9-8-12-28(22-36-31-29(37-3)17-27(34)18-30(31)38-4)35-33-19-23-14-24(20-33)16-25(15-23)21-33/h5-7,9-11,13,17-18,23-25H,8,12,14-16,19-22H2,1-4H3. The second kappa shape index (κ2) is 11.8. The second-order valence-electron chi connectivity index (χ2n) is 12.3. The minimum Gasteiger partial charge on any atom is -0.485 e. The molecular formula is C33H42FNOS2. The lowest BCUT2D eigenvalue weighted by Gasteiger charge is -2.55. The van der Waals surface area contributed by atoms with Gasteiger partial charge in [-0.3, -0.25) is 4.99 Å². The minimum atomic E-state index is -0.209. The molecule has 4 aliphatic carbocycles. The van der Waals surface area contributed by atoms with Crippen LogP contribution in [0.4, 0.5) is 4.39 Å². The van der Waals surface area contributed by atoms with Crippen molar-refractivity contribution < 1.29 is 9.13 Å². The number of thioether (sulfide) groups is 2. The molecule has 0 unspecified atom stereocenters. The Morgan fingerprint density at radius 1 is 1.00 bits per heavy atom. The molecule has 38 heavy (non-hydrogen) atoms. The van der Waals surface area contributed by atoms with Crippen LogP contribution in [0.15, 0.2) is 69.4 Å². The number of ether oxygens (including phenoxy) is 1. The third-order valence-corrected chi connectivity index (χ3v) is 10.3. The van der Waals surface area contributed by atoms with Crippen LogP contribution in [0.3, 0.4) is 0 Å². The summed E-state index contributed by atoms with van der Waals surface area (Å²) in [7, 11) is 0. The molecule has 0 radical (unpaired) electrons. The molecule has 0 amide bonds. The maximum atomic E-state index is 14.2. The molecule has 2 nitrogen and oxygen atoms in total. The van der Waals surface area contributed by atoms with Crippen LogP contribution in [0.1, 0.15) is 70.8 Å². The van der Waals surface area contributed by atoms with Gasteiger partial charge >= 0.3 is 0 Å². The number of nitrogens with zero attached hydrogens (tertiary/aromatic N) is 1. The summed E-state index contributed by atoms with van der Waals surface area (Å²) in [6.07, 6.45) is 18.5. The van der Waals surface area contributed by atoms with Crippen LogP contribution in [0.25, 0.3) is 0 Å². The summed E-state index contributed by atoms with van der Waals surface area (Å²) >= 11 is 3.08. The summed E-state index contributed by atoms with van der Waals surface area (Å²) in [6.45, 7) is 5.02. The topological polar surface area (TPSA) is 21.6 Å². The number of aliphatic imine (C=N–C) groups is 1. The first-order valence-corrected chi connectivity index (χ1v) is 16.6. The molecule has 0 heterocycles. The van der Waals surface area contributed by atoms with Crippen LogP contribution >= 0.6 is 23.5 Å². The van der Waals surface area contributed by atoms with Gasteiger partial charge in [0.2, 0.25) is 0 Å². The molecule has 0 aliphatic heterocycles. The molecule has 4 bridgehead atoms. The number of allylic oxidation sites excluding steroid dienone is 2. The average Bonchev–Trinajstić information content (AvgIpc) is 2.89. The molecule has 2 aromatic carbocycles. The van der Waals surface area contributed by atoms with E-state index < -0.39 is 0 Å². The maximum Gasteiger partial charge on any atom is 0.147 e. The first kappa shape index (κ1) is 27.8. The Kier molecular flexibility index (Phi) is 8.64. The molecule has 0 saturated heterocycles. The van der Waals surface area contributed by atoms with E-state index in [4.69, 9.17) is 9.73 Å². The zero-order valence-electron chi connectivity index (χ0n) is 23.3. The van der Waals surface area contributed by atoms with Gasteiger partial charge in [-0.15, -0.1) is 23.5 Å². The van der Waals surface area contributed by atoms with Crippen molar-refractivity contribution in [3.05, 3.63) is 66.0 Å². The zero-order chi connectivity index (χ0) is 26.8. The van der Waals surface area contributed by atoms with E-state index in [-0.39, 0.29) is 16.8 Å². The van der Waals surface area contributed by atoms with Gasteiger partial charge < -0.3 is 4.74 Å². The van der Waals surface area contributed by atoms with E-state index in [1.165, 1.54) is 67.6 Å². The Labute approximate surface area is 237 Å². The van der Waals surface area contributed by atoms with Crippen LogP contribution in [0, 0.1) is 23.6 Å². The third kappa shape index (κ3) is 6.36. The monoisotopic (exact) mass is 551 g/mol. The number of hydrogen-bond acceptors (Lipinski definition) is 4. The van der Waals surface area contributed by atoms with Crippen LogP contribution in [-0.4, -0.2) is 30.4 Å². The zero-order valence-corrected chi connectivity index (χ0v) is 25.0. The maximum absolute atomic E-state index is 14.2. The fourth-order valence-electron chi connectivity index (χ4n) is 7.44. The number of rotatable bonds is 11. The molecule has 4 saturated carbocycles. The van der Waals surface area contributed by atoms with Crippen molar-refractivity contribution >= 4 is 29.2 Å². The predicted molar refractivity (Wildman–Crippen MR) is 162 cm³/mol. The second-order valence-corrected chi connectivity index (χ2v) is 14.0. The van der Waals surface area contributed by atoms with Gasteiger partial charge in [0.05, 0.1) is 21.0 Å². The van der Waals surface area contributed by atoms with Crippen molar-refractivity contribution in [1.29, 1.82) is 0 Å². The molecule has 0 spiro atoms. The summed E-state index contributed by atoms with van der Waals surface area (Å²) in [5.74, 6) is 3.18. The molecule has 6 rings (SSSR count). The highest BCUT2D eigenvalue weighted by Gasteiger charge is 2.51. The quantitative estimate of drug-likeness (QED) is 0.158. The van der Waals surface area contributed by atoms with Crippen LogP contribution in [0.2, 0.25) is 0 Å². The van der Waals surface area contributed by atoms with E-state index in [2.05, 4.69) is 56.3 Å². The van der Waals surface area contributed by atoms with Gasteiger partial charge in [-0.1, -0.05) is 56.3 Å². The van der Waals surface area contributed by atoms with E-state index in [1.807, 2.05) is 12.5 Å². The van der Waals surface area contributed by atoms with E-state index >= 15 is 0 Å². The first-order chi connectivity index (χ1) is 18.3. The lowest BCUT2D eigenvalue weighted by atomic mass is 9.53. The molecular weight excluding hydrogens is 510 g/mol. The summed E-state index contributed by atoms with van der Waals surface area (Å²) in [5, 5.41) is 0. The highest BCUT2D eigenvalue weighted by molar-refractivity contribution is 7.99. The van der Waals surface area contributed by atoms with Crippen molar-refractivity contribution in [2.75, 3.05) is 19.1 Å². The summed E-state index contributed by atoms with van der Waals surface area (Å²) in [6, 6.07) is 13.9. The van der Waals surface area contributed by atoms with Gasteiger partial charge in [0.25, 0.3) is 0 Å². The van der Waals surface area contributed by atoms with E-state index in [0.29, 0.717) is 6.61 Å². The number of hydrogen-bond donors (Lipinski definition) is 0. The molecule has 204 valence electrons. The van der Waals surface area contributed by atoms with Crippen molar-refractivity contribution in [3.8, 4) is 5.75 Å². The molecule has 4 fully saturated rings. The molecule has 0 aromatic heterocycles. The Bertz CT molecular complexity index is 1110. The van der Waals surface area contributed by atoms with Gasteiger partial charge in [0.15, 0.2) is 0 Å². The van der Waals surface area contributed by atoms with E-state index in [0.717, 1.165) is 51.8 Å². The summed E-state index contributed by atoms with van der Waals surface area (Å²) in [5.41, 5.74) is 2.60. The average molecular weight is 552 g/mol. The fourth-order valence-corrected chi connectivity index (χ4v) is 8.67. The Morgan fingerprint density at radius 2 is 1.58 bits per heavy atom. The highest BCUT2D eigenvalue weighted by atomic mass is 32.2. The Balaban J connectivity index is 1.35. The van der Waals surface area contributed by atoms with E-state index in [1.54, 1.807) is 12.1 Å². The van der Waals surface area contributed by atoms with Gasteiger partial charge in [-0.05, 0) is 99.3 Å². The smallest absolute Gasteiger partial charge is 0.147 e. The Hall–Kier alpha value is -1.72. The first-order valence-electron chi connectivity index (χ1n) is 14.1. The van der Waals surface area contributed by atoms with Crippen molar-refractivity contribution in [2.24, 2.45) is 22.7 Å². The highest BCUT2D eigenvalue weighted by Crippen LogP contribution is 2.57. The molecule has 2 aromatic rings. The van der Waals surface area contributed by atoms with Crippen molar-refractivity contribution in [3.63, 3.8) is 0 Å². The SMILES string of the molecule is CSc1cc(F)cc(SC)c1OCC(CCC=CC(C)(C)c1ccccc1)=NC12CC3CC(CC(C3)C1)C2. The van der Waals surface area contributed by atoms with Gasteiger partial charge in [0, 0.05) is 5.41 Å². The largest absolute Gasteiger partial charge is 0.485 e. The lowest BCUT2D eigenvalue weighted by molar-refractivity contribution is 0.00138. The molecule has 4 aliphatic rings.